The number of amides is 2. The van der Waals surface area contributed by atoms with Crippen LogP contribution in [-0.2, 0) is 9.59 Å². The van der Waals surface area contributed by atoms with Gasteiger partial charge in [0, 0.05) is 30.3 Å². The summed E-state index contributed by atoms with van der Waals surface area (Å²) in [6.07, 6.45) is 0. The summed E-state index contributed by atoms with van der Waals surface area (Å²) in [6, 6.07) is 0.368. The van der Waals surface area contributed by atoms with Gasteiger partial charge in [0.1, 0.15) is 0 Å². The molecule has 0 aromatic rings. The molecular weight excluding hydrogens is 192 g/mol. The first kappa shape index (κ1) is 11.9. The number of imide groups is 1. The number of nitrogens with zero attached hydrogens (tertiary/aromatic N) is 1. The van der Waals surface area contributed by atoms with Gasteiger partial charge >= 0.3 is 0 Å². The second kappa shape index (κ2) is 4.57. The highest BCUT2D eigenvalue weighted by molar-refractivity contribution is 6.18. The molecule has 84 valence electrons. The van der Waals surface area contributed by atoms with E-state index in [-0.39, 0.29) is 11.8 Å². The van der Waals surface area contributed by atoms with Crippen molar-refractivity contribution in [2.75, 3.05) is 13.1 Å². The number of carbonyl (C=O) groups excluding carboxylic acids is 2. The number of rotatable bonds is 4. The summed E-state index contributed by atoms with van der Waals surface area (Å²) in [5.41, 5.74) is 1.15. The molecule has 1 N–H and O–H groups in total. The average Bonchev–Trinajstić information content (AvgIpc) is 2.34. The van der Waals surface area contributed by atoms with Crippen LogP contribution in [0.25, 0.3) is 0 Å². The summed E-state index contributed by atoms with van der Waals surface area (Å²) in [5.74, 6) is -0.300. The molecule has 2 amide bonds. The fourth-order valence-electron chi connectivity index (χ4n) is 1.49. The smallest absolute Gasteiger partial charge is 0.256 e. The molecule has 1 heterocycles. The summed E-state index contributed by atoms with van der Waals surface area (Å²) in [6.45, 7) is 8.56. The zero-order valence-corrected chi connectivity index (χ0v) is 9.76. The van der Waals surface area contributed by atoms with Gasteiger partial charge in [-0.3, -0.25) is 14.5 Å². The first-order valence-corrected chi connectivity index (χ1v) is 5.22. The molecular formula is C11H18N2O2. The van der Waals surface area contributed by atoms with Gasteiger partial charge in [0.2, 0.25) is 0 Å². The highest BCUT2D eigenvalue weighted by Crippen LogP contribution is 2.18. The van der Waals surface area contributed by atoms with Crippen molar-refractivity contribution in [3.05, 3.63) is 11.1 Å². The van der Waals surface area contributed by atoms with Gasteiger partial charge in [0.25, 0.3) is 11.8 Å². The van der Waals surface area contributed by atoms with E-state index in [1.54, 1.807) is 13.8 Å². The Morgan fingerprint density at radius 3 is 2.00 bits per heavy atom. The van der Waals surface area contributed by atoms with Crippen molar-refractivity contribution in [2.45, 2.75) is 33.7 Å². The third-order valence-electron chi connectivity index (χ3n) is 2.58. The van der Waals surface area contributed by atoms with Gasteiger partial charge < -0.3 is 5.32 Å². The predicted octanol–water partition coefficient (Wildman–Crippen LogP) is 0.690. The van der Waals surface area contributed by atoms with Crippen molar-refractivity contribution in [1.82, 2.24) is 10.2 Å². The van der Waals surface area contributed by atoms with Crippen LogP contribution >= 0.6 is 0 Å². The molecule has 0 atom stereocenters. The normalized spacial score (nSPS) is 17.3. The van der Waals surface area contributed by atoms with Crippen LogP contribution in [0.1, 0.15) is 27.7 Å². The molecule has 0 aromatic heterocycles. The zero-order valence-electron chi connectivity index (χ0n) is 9.76. The Balaban J connectivity index is 2.53. The van der Waals surface area contributed by atoms with Gasteiger partial charge in [0.15, 0.2) is 0 Å². The highest BCUT2D eigenvalue weighted by atomic mass is 16.2. The second-order valence-corrected chi connectivity index (χ2v) is 4.12. The van der Waals surface area contributed by atoms with Gasteiger partial charge in [-0.25, -0.2) is 0 Å². The summed E-state index contributed by atoms with van der Waals surface area (Å²) < 4.78 is 0. The van der Waals surface area contributed by atoms with Gasteiger partial charge in [0.05, 0.1) is 0 Å². The number of carbonyl (C=O) groups is 2. The van der Waals surface area contributed by atoms with Crippen LogP contribution in [0.5, 0.6) is 0 Å². The summed E-state index contributed by atoms with van der Waals surface area (Å²) in [4.78, 5) is 24.5. The van der Waals surface area contributed by atoms with E-state index >= 15 is 0 Å². The summed E-state index contributed by atoms with van der Waals surface area (Å²) in [5, 5.41) is 3.18. The third kappa shape index (κ3) is 2.45. The zero-order chi connectivity index (χ0) is 11.6. The van der Waals surface area contributed by atoms with E-state index in [2.05, 4.69) is 5.32 Å². The van der Waals surface area contributed by atoms with Gasteiger partial charge in [-0.15, -0.1) is 0 Å². The van der Waals surface area contributed by atoms with Crippen LogP contribution in [0.2, 0.25) is 0 Å². The Morgan fingerprint density at radius 1 is 1.13 bits per heavy atom. The standard InChI is InChI=1S/C11H18N2O2/c1-7(2)12-5-6-13-10(14)8(3)9(4)11(13)15/h7,12H,5-6H2,1-4H3. The molecule has 0 bridgehead atoms. The van der Waals surface area contributed by atoms with Crippen LogP contribution in [0.4, 0.5) is 0 Å². The second-order valence-electron chi connectivity index (χ2n) is 4.12. The molecule has 0 aliphatic carbocycles. The quantitative estimate of drug-likeness (QED) is 0.694. The number of hydrogen-bond acceptors (Lipinski definition) is 3. The van der Waals surface area contributed by atoms with E-state index in [1.165, 1.54) is 4.90 Å². The van der Waals surface area contributed by atoms with Crippen LogP contribution in [-0.4, -0.2) is 35.8 Å². The van der Waals surface area contributed by atoms with E-state index < -0.39 is 0 Å². The predicted molar refractivity (Wildman–Crippen MR) is 58.2 cm³/mol. The fraction of sp³-hybridized carbons (Fsp3) is 0.636. The maximum Gasteiger partial charge on any atom is 0.256 e. The molecule has 1 aliphatic rings. The Kier molecular flexibility index (Phi) is 3.63. The lowest BCUT2D eigenvalue weighted by atomic mass is 10.2. The van der Waals surface area contributed by atoms with Crippen LogP contribution < -0.4 is 5.32 Å². The largest absolute Gasteiger partial charge is 0.313 e. The molecule has 0 aromatic carbocycles. The third-order valence-corrected chi connectivity index (χ3v) is 2.58. The van der Waals surface area contributed by atoms with Gasteiger partial charge in [-0.1, -0.05) is 13.8 Å². The molecule has 1 rings (SSSR count). The molecule has 4 heteroatoms. The minimum absolute atomic E-state index is 0.150. The van der Waals surface area contributed by atoms with Crippen LogP contribution in [0.3, 0.4) is 0 Å². The van der Waals surface area contributed by atoms with E-state index in [0.717, 1.165) is 0 Å². The minimum atomic E-state index is -0.150. The summed E-state index contributed by atoms with van der Waals surface area (Å²) in [7, 11) is 0. The topological polar surface area (TPSA) is 49.4 Å². The Hall–Kier alpha value is -1.16. The lowest BCUT2D eigenvalue weighted by Crippen LogP contribution is -2.39. The molecule has 4 nitrogen and oxygen atoms in total. The van der Waals surface area contributed by atoms with Crippen molar-refractivity contribution in [1.29, 1.82) is 0 Å². The summed E-state index contributed by atoms with van der Waals surface area (Å²) >= 11 is 0. The van der Waals surface area contributed by atoms with Gasteiger partial charge in [-0.2, -0.15) is 0 Å². The molecule has 0 spiro atoms. The van der Waals surface area contributed by atoms with E-state index in [9.17, 15) is 9.59 Å². The molecule has 0 saturated heterocycles. The Morgan fingerprint density at radius 2 is 1.60 bits per heavy atom. The Labute approximate surface area is 90.3 Å². The lowest BCUT2D eigenvalue weighted by Gasteiger charge is -2.16. The van der Waals surface area contributed by atoms with Crippen molar-refractivity contribution < 1.29 is 9.59 Å². The van der Waals surface area contributed by atoms with Gasteiger partial charge in [-0.05, 0) is 13.8 Å². The maximum absolute atomic E-state index is 11.6. The Bertz CT molecular complexity index is 295. The van der Waals surface area contributed by atoms with Crippen molar-refractivity contribution in [3.8, 4) is 0 Å². The highest BCUT2D eigenvalue weighted by Gasteiger charge is 2.32. The van der Waals surface area contributed by atoms with E-state index in [1.807, 2.05) is 13.8 Å². The molecule has 0 radical (unpaired) electrons. The molecule has 0 fully saturated rings. The van der Waals surface area contributed by atoms with Crippen LogP contribution in [0.15, 0.2) is 11.1 Å². The average molecular weight is 210 g/mol. The first-order chi connectivity index (χ1) is 6.95. The number of hydrogen-bond donors (Lipinski definition) is 1. The van der Waals surface area contributed by atoms with E-state index in [0.29, 0.717) is 30.3 Å². The van der Waals surface area contributed by atoms with Crippen molar-refractivity contribution >= 4 is 11.8 Å². The molecule has 15 heavy (non-hydrogen) atoms. The molecule has 1 aliphatic heterocycles. The SMILES string of the molecule is CC1=C(C)C(=O)N(CCNC(C)C)C1=O. The lowest BCUT2D eigenvalue weighted by molar-refractivity contribution is -0.137. The monoisotopic (exact) mass is 210 g/mol. The number of nitrogens with one attached hydrogen (secondary N) is 1. The van der Waals surface area contributed by atoms with Crippen molar-refractivity contribution in [2.24, 2.45) is 0 Å². The first-order valence-electron chi connectivity index (χ1n) is 5.22. The molecule has 0 unspecified atom stereocenters. The molecule has 0 saturated carbocycles. The van der Waals surface area contributed by atoms with Crippen molar-refractivity contribution in [3.63, 3.8) is 0 Å². The minimum Gasteiger partial charge on any atom is -0.313 e. The van der Waals surface area contributed by atoms with Crippen LogP contribution in [0, 0.1) is 0 Å². The fourth-order valence-corrected chi connectivity index (χ4v) is 1.49. The van der Waals surface area contributed by atoms with E-state index in [4.69, 9.17) is 0 Å². The maximum atomic E-state index is 11.6.